The predicted molar refractivity (Wildman–Crippen MR) is 108 cm³/mol. The van der Waals surface area contributed by atoms with Crippen LogP contribution in [-0.2, 0) is 9.53 Å². The summed E-state index contributed by atoms with van der Waals surface area (Å²) >= 11 is 5.84. The molecule has 2 aromatic rings. The van der Waals surface area contributed by atoms with Crippen molar-refractivity contribution in [3.05, 3.63) is 68.7 Å². The van der Waals surface area contributed by atoms with Gasteiger partial charge in [0.15, 0.2) is 6.61 Å². The van der Waals surface area contributed by atoms with Crippen LogP contribution in [0.5, 0.6) is 0 Å². The molecule has 0 saturated heterocycles. The standard InChI is InChI=1S/C20H20ClN3O5/c1-12(13-2-5-15(21)6-3-13)22-19(25)11-29-20(26)14-4-9-17(23-16-7-8-16)18(10-14)24(27)28/h2-6,9-10,12,16,23H,7-8,11H2,1H3,(H,22,25)/t12-/m1/s1. The number of carbonyl (C=O) groups is 2. The summed E-state index contributed by atoms with van der Waals surface area (Å²) in [5, 5.41) is 17.6. The van der Waals surface area contributed by atoms with Crippen LogP contribution in [-0.4, -0.2) is 29.4 Å². The molecule has 9 heteroatoms. The summed E-state index contributed by atoms with van der Waals surface area (Å²) in [6.07, 6.45) is 1.93. The van der Waals surface area contributed by atoms with Crippen molar-refractivity contribution >= 4 is 34.9 Å². The fourth-order valence-electron chi connectivity index (χ4n) is 2.71. The number of nitrogens with one attached hydrogen (secondary N) is 2. The van der Waals surface area contributed by atoms with Crippen LogP contribution in [0.2, 0.25) is 5.02 Å². The Bertz CT molecular complexity index is 928. The van der Waals surface area contributed by atoms with Gasteiger partial charge in [-0.05, 0) is 49.6 Å². The molecule has 0 spiro atoms. The Morgan fingerprint density at radius 3 is 2.55 bits per heavy atom. The zero-order valence-corrected chi connectivity index (χ0v) is 16.4. The Morgan fingerprint density at radius 1 is 1.24 bits per heavy atom. The summed E-state index contributed by atoms with van der Waals surface area (Å²) < 4.78 is 5.00. The summed E-state index contributed by atoms with van der Waals surface area (Å²) in [5.74, 6) is -1.29. The average Bonchev–Trinajstić information content (AvgIpc) is 3.50. The van der Waals surface area contributed by atoms with Gasteiger partial charge in [0, 0.05) is 17.1 Å². The number of nitro groups is 1. The summed E-state index contributed by atoms with van der Waals surface area (Å²) in [7, 11) is 0. The van der Waals surface area contributed by atoms with Crippen LogP contribution >= 0.6 is 11.6 Å². The Balaban J connectivity index is 1.56. The zero-order chi connectivity index (χ0) is 21.0. The lowest BCUT2D eigenvalue weighted by molar-refractivity contribution is -0.384. The van der Waals surface area contributed by atoms with E-state index in [1.54, 1.807) is 31.2 Å². The normalized spacial score (nSPS) is 14.0. The van der Waals surface area contributed by atoms with Gasteiger partial charge in [-0.15, -0.1) is 0 Å². The largest absolute Gasteiger partial charge is 0.452 e. The van der Waals surface area contributed by atoms with Crippen LogP contribution in [0.1, 0.15) is 41.7 Å². The number of halogens is 1. The van der Waals surface area contributed by atoms with Gasteiger partial charge in [-0.2, -0.15) is 0 Å². The molecule has 2 aromatic carbocycles. The number of benzene rings is 2. The molecule has 1 aliphatic rings. The van der Waals surface area contributed by atoms with Crippen LogP contribution in [0.4, 0.5) is 11.4 Å². The lowest BCUT2D eigenvalue weighted by atomic mass is 10.1. The van der Waals surface area contributed by atoms with Gasteiger partial charge < -0.3 is 15.4 Å². The van der Waals surface area contributed by atoms with E-state index in [0.29, 0.717) is 10.7 Å². The second-order valence-corrected chi connectivity index (χ2v) is 7.26. The molecule has 0 heterocycles. The Hall–Kier alpha value is -3.13. The smallest absolute Gasteiger partial charge is 0.338 e. The topological polar surface area (TPSA) is 111 Å². The first-order valence-corrected chi connectivity index (χ1v) is 9.48. The van der Waals surface area contributed by atoms with E-state index >= 15 is 0 Å². The number of nitrogens with zero attached hydrogens (tertiary/aromatic N) is 1. The van der Waals surface area contributed by atoms with Gasteiger partial charge in [0.05, 0.1) is 16.5 Å². The van der Waals surface area contributed by atoms with E-state index < -0.39 is 23.4 Å². The maximum atomic E-state index is 12.2. The van der Waals surface area contributed by atoms with E-state index in [0.717, 1.165) is 24.5 Å². The molecule has 1 fully saturated rings. The van der Waals surface area contributed by atoms with Crippen LogP contribution in [0.3, 0.4) is 0 Å². The van der Waals surface area contributed by atoms with Crippen molar-refractivity contribution in [2.24, 2.45) is 0 Å². The van der Waals surface area contributed by atoms with Crippen LogP contribution in [0.25, 0.3) is 0 Å². The SMILES string of the molecule is C[C@@H](NC(=O)COC(=O)c1ccc(NC2CC2)c([N+](=O)[O-])c1)c1ccc(Cl)cc1. The van der Waals surface area contributed by atoms with Crippen molar-refractivity contribution in [1.29, 1.82) is 0 Å². The minimum Gasteiger partial charge on any atom is -0.452 e. The van der Waals surface area contributed by atoms with Gasteiger partial charge in [0.1, 0.15) is 5.69 Å². The first-order valence-electron chi connectivity index (χ1n) is 9.10. The molecule has 29 heavy (non-hydrogen) atoms. The molecule has 1 saturated carbocycles. The molecule has 0 bridgehead atoms. The summed E-state index contributed by atoms with van der Waals surface area (Å²) in [6.45, 7) is 1.30. The third kappa shape index (κ3) is 5.68. The van der Waals surface area contributed by atoms with Crippen molar-refractivity contribution in [1.82, 2.24) is 5.32 Å². The fraction of sp³-hybridized carbons (Fsp3) is 0.300. The molecule has 8 nitrogen and oxygen atoms in total. The number of amides is 1. The number of ether oxygens (including phenoxy) is 1. The van der Waals surface area contributed by atoms with E-state index in [2.05, 4.69) is 10.6 Å². The zero-order valence-electron chi connectivity index (χ0n) is 15.7. The van der Waals surface area contributed by atoms with Crippen LogP contribution in [0.15, 0.2) is 42.5 Å². The quantitative estimate of drug-likeness (QED) is 0.383. The summed E-state index contributed by atoms with van der Waals surface area (Å²) in [6, 6.07) is 11.0. The first kappa shape index (κ1) is 20.6. The molecular weight excluding hydrogens is 398 g/mol. The van der Waals surface area contributed by atoms with Crippen molar-refractivity contribution in [3.8, 4) is 0 Å². The molecule has 152 valence electrons. The Morgan fingerprint density at radius 2 is 1.93 bits per heavy atom. The molecule has 0 aliphatic heterocycles. The number of hydrogen-bond acceptors (Lipinski definition) is 6. The van der Waals surface area contributed by atoms with E-state index in [1.807, 2.05) is 0 Å². The van der Waals surface area contributed by atoms with Crippen LogP contribution in [0, 0.1) is 10.1 Å². The molecule has 0 radical (unpaired) electrons. The number of esters is 1. The van der Waals surface area contributed by atoms with Crippen LogP contribution < -0.4 is 10.6 Å². The Kier molecular flexibility index (Phi) is 6.33. The number of nitro benzene ring substituents is 1. The molecule has 0 aromatic heterocycles. The first-order chi connectivity index (χ1) is 13.8. The number of rotatable bonds is 8. The highest BCUT2D eigenvalue weighted by molar-refractivity contribution is 6.30. The van der Waals surface area contributed by atoms with Crippen molar-refractivity contribution < 1.29 is 19.2 Å². The second kappa shape index (κ2) is 8.91. The minimum atomic E-state index is -0.805. The number of hydrogen-bond donors (Lipinski definition) is 2. The summed E-state index contributed by atoms with van der Waals surface area (Å²) in [4.78, 5) is 35.0. The third-order valence-corrected chi connectivity index (χ3v) is 4.70. The third-order valence-electron chi connectivity index (χ3n) is 4.45. The van der Waals surface area contributed by atoms with Crippen molar-refractivity contribution in [2.75, 3.05) is 11.9 Å². The van der Waals surface area contributed by atoms with E-state index in [1.165, 1.54) is 12.1 Å². The lowest BCUT2D eigenvalue weighted by Gasteiger charge is -2.14. The van der Waals surface area contributed by atoms with E-state index in [9.17, 15) is 19.7 Å². The molecular formula is C20H20ClN3O5. The highest BCUT2D eigenvalue weighted by Crippen LogP contribution is 2.31. The summed E-state index contributed by atoms with van der Waals surface area (Å²) in [5.41, 5.74) is 1.02. The molecule has 1 atom stereocenters. The van der Waals surface area contributed by atoms with E-state index in [4.69, 9.17) is 16.3 Å². The van der Waals surface area contributed by atoms with Gasteiger partial charge in [-0.1, -0.05) is 23.7 Å². The van der Waals surface area contributed by atoms with Crippen molar-refractivity contribution in [3.63, 3.8) is 0 Å². The maximum Gasteiger partial charge on any atom is 0.338 e. The second-order valence-electron chi connectivity index (χ2n) is 6.82. The van der Waals surface area contributed by atoms with Gasteiger partial charge in [-0.25, -0.2) is 4.79 Å². The average molecular weight is 418 g/mol. The highest BCUT2D eigenvalue weighted by atomic mass is 35.5. The Labute approximate surface area is 172 Å². The van der Waals surface area contributed by atoms with Gasteiger partial charge in [0.25, 0.3) is 11.6 Å². The highest BCUT2D eigenvalue weighted by Gasteiger charge is 2.26. The van der Waals surface area contributed by atoms with E-state index in [-0.39, 0.29) is 23.3 Å². The monoisotopic (exact) mass is 417 g/mol. The molecule has 0 unspecified atom stereocenters. The molecule has 2 N–H and O–H groups in total. The van der Waals surface area contributed by atoms with Gasteiger partial charge in [0.2, 0.25) is 0 Å². The maximum absolute atomic E-state index is 12.2. The molecule has 3 rings (SSSR count). The minimum absolute atomic E-state index is 0.0107. The number of anilines is 1. The molecule has 1 aliphatic carbocycles. The number of carbonyl (C=O) groups excluding carboxylic acids is 2. The molecule has 1 amide bonds. The lowest BCUT2D eigenvalue weighted by Crippen LogP contribution is -2.31. The fourth-order valence-corrected chi connectivity index (χ4v) is 2.84. The van der Waals surface area contributed by atoms with Gasteiger partial charge >= 0.3 is 5.97 Å². The predicted octanol–water partition coefficient (Wildman–Crippen LogP) is 3.86. The van der Waals surface area contributed by atoms with Gasteiger partial charge in [-0.3, -0.25) is 14.9 Å². The van der Waals surface area contributed by atoms with Crippen molar-refractivity contribution in [2.45, 2.75) is 31.8 Å².